The lowest BCUT2D eigenvalue weighted by Gasteiger charge is -2.35. The molecule has 0 aliphatic carbocycles. The van der Waals surface area contributed by atoms with E-state index in [4.69, 9.17) is 0 Å². The molecule has 0 saturated heterocycles. The summed E-state index contributed by atoms with van der Waals surface area (Å²) in [6.07, 6.45) is 0. The van der Waals surface area contributed by atoms with Crippen molar-refractivity contribution in [3.8, 4) is 0 Å². The fourth-order valence-corrected chi connectivity index (χ4v) is 12.5. The largest absolute Gasteiger partial charge is 0.308 e. The van der Waals surface area contributed by atoms with Gasteiger partial charge >= 0.3 is 0 Å². The molecule has 2 aromatic heterocycles. The van der Waals surface area contributed by atoms with Gasteiger partial charge in [-0.05, 0) is 72.8 Å². The maximum atomic E-state index is 2.51. The van der Waals surface area contributed by atoms with E-state index >= 15 is 0 Å². The fraction of sp³-hybridized carbons (Fsp3) is 0. The second-order valence-corrected chi connectivity index (χ2v) is 17.6. The molecule has 0 N–H and O–H groups in total. The molecule has 6 heteroatoms. The Hall–Kier alpha value is -5.24. The summed E-state index contributed by atoms with van der Waals surface area (Å²) in [7, 11) is 0. The van der Waals surface area contributed by atoms with E-state index in [9.17, 15) is 0 Å². The number of hydrogen-bond acceptors (Lipinski definition) is 6. The minimum Gasteiger partial charge on any atom is -0.308 e. The van der Waals surface area contributed by atoms with Gasteiger partial charge < -0.3 is 9.80 Å². The second-order valence-electron chi connectivity index (χ2n) is 13.3. The van der Waals surface area contributed by atoms with Crippen molar-refractivity contribution in [1.29, 1.82) is 0 Å². The molecule has 0 fully saturated rings. The van der Waals surface area contributed by atoms with E-state index < -0.39 is 0 Å². The molecule has 0 unspecified atom stereocenters. The number of nitrogens with zero attached hydrogens (tertiary/aromatic N) is 2. The first-order valence-corrected chi connectivity index (χ1v) is 20.6. The van der Waals surface area contributed by atoms with Crippen molar-refractivity contribution >= 4 is 131 Å². The lowest BCUT2D eigenvalue weighted by atomic mass is 10.0. The molecule has 244 valence electrons. The van der Waals surface area contributed by atoms with Crippen molar-refractivity contribution in [2.24, 2.45) is 0 Å². The molecular weight excluding hydrogens is 709 g/mol. The van der Waals surface area contributed by atoms with Crippen LogP contribution in [0.25, 0.3) is 51.1 Å². The molecule has 0 radical (unpaired) electrons. The summed E-state index contributed by atoms with van der Waals surface area (Å²) in [5.74, 6) is 0. The fourth-order valence-electron chi connectivity index (χ4n) is 8.13. The summed E-state index contributed by atoms with van der Waals surface area (Å²) >= 11 is 7.52. The first-order valence-electron chi connectivity index (χ1n) is 17.3. The van der Waals surface area contributed by atoms with Crippen LogP contribution in [0, 0.1) is 0 Å². The van der Waals surface area contributed by atoms with Crippen molar-refractivity contribution in [1.82, 2.24) is 0 Å². The van der Waals surface area contributed by atoms with Gasteiger partial charge in [-0.3, -0.25) is 0 Å². The molecule has 2 aliphatic heterocycles. The van der Waals surface area contributed by atoms with Crippen LogP contribution in [0.5, 0.6) is 0 Å². The predicted molar refractivity (Wildman–Crippen MR) is 227 cm³/mol. The van der Waals surface area contributed by atoms with Gasteiger partial charge in [-0.25, -0.2) is 0 Å². The van der Waals surface area contributed by atoms with Gasteiger partial charge in [0.05, 0.1) is 34.1 Å². The summed E-state index contributed by atoms with van der Waals surface area (Å²) in [6, 6.07) is 58.7. The van der Waals surface area contributed by atoms with Crippen molar-refractivity contribution < 1.29 is 0 Å². The molecule has 12 rings (SSSR count). The van der Waals surface area contributed by atoms with E-state index in [2.05, 4.69) is 168 Å². The molecule has 2 aliphatic rings. The van der Waals surface area contributed by atoms with Gasteiger partial charge in [0.15, 0.2) is 0 Å². The smallest absolute Gasteiger partial charge is 0.0616 e. The van der Waals surface area contributed by atoms with Crippen molar-refractivity contribution in [2.45, 2.75) is 19.6 Å². The van der Waals surface area contributed by atoms with E-state index in [0.29, 0.717) is 0 Å². The van der Waals surface area contributed by atoms with Crippen LogP contribution in [-0.4, -0.2) is 0 Å². The van der Waals surface area contributed by atoms with Crippen LogP contribution in [0.1, 0.15) is 0 Å². The Morgan fingerprint density at radius 1 is 0.269 bits per heavy atom. The lowest BCUT2D eigenvalue weighted by Crippen LogP contribution is -2.16. The van der Waals surface area contributed by atoms with Gasteiger partial charge in [-0.1, -0.05) is 108 Å². The number of hydrogen-bond donors (Lipinski definition) is 0. The van der Waals surface area contributed by atoms with Crippen LogP contribution < -0.4 is 9.80 Å². The zero-order valence-corrected chi connectivity index (χ0v) is 30.8. The SMILES string of the molecule is c1ccc2c(c1)Sc1cc3c(cc1N2c1cccc2c(N4c5ccccc5Sc5cc6c(cc54)sc4ccccc46)cccc12)sc1ccccc13. The van der Waals surface area contributed by atoms with E-state index in [1.165, 1.54) is 105 Å². The van der Waals surface area contributed by atoms with Gasteiger partial charge in [-0.15, -0.1) is 22.7 Å². The summed E-state index contributed by atoms with van der Waals surface area (Å²) in [6.45, 7) is 0. The Bertz CT molecular complexity index is 2910. The molecule has 0 amide bonds. The van der Waals surface area contributed by atoms with Gasteiger partial charge in [0.2, 0.25) is 0 Å². The topological polar surface area (TPSA) is 6.48 Å². The molecular formula is C46H26N2S4. The number of rotatable bonds is 2. The average molecular weight is 735 g/mol. The molecule has 8 aromatic carbocycles. The standard InChI is InChI=1S/C46H26N2S4/c1-5-19-39-29(11-1)31-23-45-37(25-43(31)49-39)47(35-15-3-7-21-41(35)51-45)33-17-9-14-28-27(33)13-10-18-34(28)48-36-16-4-8-22-42(36)52-46-24-32-30-12-2-6-20-40(30)50-44(32)26-38(46)48/h1-26H. The van der Waals surface area contributed by atoms with Gasteiger partial charge in [-0.2, -0.15) is 0 Å². The number of anilines is 6. The highest BCUT2D eigenvalue weighted by molar-refractivity contribution is 8.00. The van der Waals surface area contributed by atoms with E-state index in [1.807, 2.05) is 46.2 Å². The molecule has 0 bridgehead atoms. The number of para-hydroxylation sites is 2. The summed E-state index contributed by atoms with van der Waals surface area (Å²) < 4.78 is 5.30. The highest BCUT2D eigenvalue weighted by atomic mass is 32.2. The van der Waals surface area contributed by atoms with E-state index in [-0.39, 0.29) is 0 Å². The second kappa shape index (κ2) is 11.1. The van der Waals surface area contributed by atoms with E-state index in [0.717, 1.165) is 0 Å². The molecule has 52 heavy (non-hydrogen) atoms. The third-order valence-electron chi connectivity index (χ3n) is 10.4. The van der Waals surface area contributed by atoms with Crippen LogP contribution in [0.3, 0.4) is 0 Å². The predicted octanol–water partition coefficient (Wildman–Crippen LogP) is 15.4. The zero-order valence-electron chi connectivity index (χ0n) is 27.5. The Labute approximate surface area is 316 Å². The summed E-state index contributed by atoms with van der Waals surface area (Å²) in [4.78, 5) is 10.1. The van der Waals surface area contributed by atoms with Gasteiger partial charge in [0, 0.05) is 70.7 Å². The number of thiophene rings is 2. The van der Waals surface area contributed by atoms with Crippen LogP contribution >= 0.6 is 46.2 Å². The molecule has 0 saturated carbocycles. The molecule has 10 aromatic rings. The third kappa shape index (κ3) is 4.21. The molecule has 4 heterocycles. The minimum atomic E-state index is 1.19. The minimum absolute atomic E-state index is 1.19. The summed E-state index contributed by atoms with van der Waals surface area (Å²) in [5, 5.41) is 7.78. The third-order valence-corrected chi connectivity index (χ3v) is 14.9. The van der Waals surface area contributed by atoms with Gasteiger partial charge in [0.1, 0.15) is 0 Å². The van der Waals surface area contributed by atoms with Crippen LogP contribution in [0.4, 0.5) is 34.1 Å². The highest BCUT2D eigenvalue weighted by Gasteiger charge is 2.30. The highest BCUT2D eigenvalue weighted by Crippen LogP contribution is 2.57. The Balaban J connectivity index is 1.10. The van der Waals surface area contributed by atoms with Crippen molar-refractivity contribution in [2.75, 3.05) is 9.80 Å². The molecule has 0 spiro atoms. The maximum absolute atomic E-state index is 2.51. The van der Waals surface area contributed by atoms with Crippen molar-refractivity contribution in [3.05, 3.63) is 158 Å². The van der Waals surface area contributed by atoms with Gasteiger partial charge in [0.25, 0.3) is 0 Å². The number of benzene rings is 8. The quantitative estimate of drug-likeness (QED) is 0.174. The zero-order chi connectivity index (χ0) is 33.9. The Kier molecular flexibility index (Phi) is 6.28. The summed E-state index contributed by atoms with van der Waals surface area (Å²) in [5.41, 5.74) is 7.28. The van der Waals surface area contributed by atoms with Crippen molar-refractivity contribution in [3.63, 3.8) is 0 Å². The molecule has 0 atom stereocenters. The maximum Gasteiger partial charge on any atom is 0.0616 e. The number of fused-ring (bicyclic) bond motifs is 11. The molecule has 2 nitrogen and oxygen atoms in total. The average Bonchev–Trinajstić information content (AvgIpc) is 3.74. The monoisotopic (exact) mass is 734 g/mol. The Morgan fingerprint density at radius 2 is 0.673 bits per heavy atom. The first-order chi connectivity index (χ1) is 25.8. The van der Waals surface area contributed by atoms with Crippen LogP contribution in [-0.2, 0) is 0 Å². The Morgan fingerprint density at radius 3 is 1.17 bits per heavy atom. The lowest BCUT2D eigenvalue weighted by molar-refractivity contribution is 1.17. The van der Waals surface area contributed by atoms with Crippen LogP contribution in [0.2, 0.25) is 0 Å². The van der Waals surface area contributed by atoms with E-state index in [1.54, 1.807) is 0 Å². The normalized spacial score (nSPS) is 13.5. The van der Waals surface area contributed by atoms with Crippen LogP contribution in [0.15, 0.2) is 177 Å². The first kappa shape index (κ1) is 29.3.